The summed E-state index contributed by atoms with van der Waals surface area (Å²) in [7, 11) is 0. The molecule has 1 aliphatic heterocycles. The first-order chi connectivity index (χ1) is 13.5. The standard InChI is InChI=1S/C23H29N3O2/c1-17(19-9-5-3-6-10-19)24-22(27)18(2)26-15-13-20(14-16-26)23(28)25-21-11-7-4-8-12-21/h3-12,17-18,20H,13-16H2,1-2H3,(H,24,27)(H,25,28)/t17-,18+/m0/s1. The summed E-state index contributed by atoms with van der Waals surface area (Å²) in [6.07, 6.45) is 1.54. The van der Waals surface area contributed by atoms with Crippen molar-refractivity contribution >= 4 is 17.5 Å². The van der Waals surface area contributed by atoms with Crippen molar-refractivity contribution in [3.05, 3.63) is 66.2 Å². The third-order valence-electron chi connectivity index (χ3n) is 5.53. The van der Waals surface area contributed by atoms with Crippen molar-refractivity contribution in [2.24, 2.45) is 5.92 Å². The maximum atomic E-state index is 12.7. The number of hydrogen-bond donors (Lipinski definition) is 2. The van der Waals surface area contributed by atoms with E-state index in [0.29, 0.717) is 0 Å². The molecule has 2 N–H and O–H groups in total. The molecule has 5 nitrogen and oxygen atoms in total. The van der Waals surface area contributed by atoms with E-state index in [1.54, 1.807) is 0 Å². The molecule has 5 heteroatoms. The van der Waals surface area contributed by atoms with Crippen LogP contribution >= 0.6 is 0 Å². The minimum absolute atomic E-state index is 0.00467. The van der Waals surface area contributed by atoms with Crippen LogP contribution in [0.5, 0.6) is 0 Å². The van der Waals surface area contributed by atoms with E-state index in [4.69, 9.17) is 0 Å². The van der Waals surface area contributed by atoms with Crippen molar-refractivity contribution in [3.8, 4) is 0 Å². The van der Waals surface area contributed by atoms with Crippen LogP contribution < -0.4 is 10.6 Å². The first-order valence-electron chi connectivity index (χ1n) is 10.00. The Morgan fingerprint density at radius 2 is 1.50 bits per heavy atom. The largest absolute Gasteiger partial charge is 0.348 e. The smallest absolute Gasteiger partial charge is 0.237 e. The molecule has 2 aromatic carbocycles. The van der Waals surface area contributed by atoms with Crippen LogP contribution in [0.4, 0.5) is 5.69 Å². The molecule has 2 amide bonds. The quantitative estimate of drug-likeness (QED) is 0.806. The normalized spacial score (nSPS) is 17.5. The Kier molecular flexibility index (Phi) is 6.82. The highest BCUT2D eigenvalue weighted by Crippen LogP contribution is 2.21. The Morgan fingerprint density at radius 3 is 2.11 bits per heavy atom. The number of anilines is 1. The van der Waals surface area contributed by atoms with E-state index >= 15 is 0 Å². The van der Waals surface area contributed by atoms with Gasteiger partial charge in [-0.15, -0.1) is 0 Å². The summed E-state index contributed by atoms with van der Waals surface area (Å²) in [5, 5.41) is 6.09. The second kappa shape index (κ2) is 9.51. The molecule has 0 aromatic heterocycles. The molecule has 3 rings (SSSR count). The zero-order valence-corrected chi connectivity index (χ0v) is 16.6. The molecule has 1 aliphatic rings. The molecular weight excluding hydrogens is 350 g/mol. The zero-order valence-electron chi connectivity index (χ0n) is 16.6. The number of carbonyl (C=O) groups is 2. The number of nitrogens with zero attached hydrogens (tertiary/aromatic N) is 1. The SMILES string of the molecule is C[C@H](NC(=O)[C@@H](C)N1CCC(C(=O)Nc2ccccc2)CC1)c1ccccc1. The highest BCUT2D eigenvalue weighted by molar-refractivity contribution is 5.92. The van der Waals surface area contributed by atoms with Crippen molar-refractivity contribution in [1.29, 1.82) is 0 Å². The average Bonchev–Trinajstić information content (AvgIpc) is 2.74. The number of likely N-dealkylation sites (tertiary alicyclic amines) is 1. The summed E-state index contributed by atoms with van der Waals surface area (Å²) < 4.78 is 0. The summed E-state index contributed by atoms with van der Waals surface area (Å²) >= 11 is 0. The molecule has 0 unspecified atom stereocenters. The van der Waals surface area contributed by atoms with Crippen LogP contribution in [0.1, 0.15) is 38.3 Å². The van der Waals surface area contributed by atoms with Crippen molar-refractivity contribution in [2.75, 3.05) is 18.4 Å². The third kappa shape index (κ3) is 5.20. The lowest BCUT2D eigenvalue weighted by Gasteiger charge is -2.35. The highest BCUT2D eigenvalue weighted by Gasteiger charge is 2.30. The van der Waals surface area contributed by atoms with Gasteiger partial charge in [-0.2, -0.15) is 0 Å². The number of rotatable bonds is 6. The number of benzene rings is 2. The van der Waals surface area contributed by atoms with Gasteiger partial charge in [0.25, 0.3) is 0 Å². The van der Waals surface area contributed by atoms with Gasteiger partial charge in [0.15, 0.2) is 0 Å². The Labute approximate surface area is 167 Å². The molecule has 0 radical (unpaired) electrons. The zero-order chi connectivity index (χ0) is 19.9. The van der Waals surface area contributed by atoms with Crippen LogP contribution in [0, 0.1) is 5.92 Å². The lowest BCUT2D eigenvalue weighted by atomic mass is 9.94. The van der Waals surface area contributed by atoms with Gasteiger partial charge in [0, 0.05) is 11.6 Å². The molecule has 0 saturated carbocycles. The number of nitrogens with one attached hydrogen (secondary N) is 2. The Hall–Kier alpha value is -2.66. The monoisotopic (exact) mass is 379 g/mol. The summed E-state index contributed by atoms with van der Waals surface area (Å²) in [4.78, 5) is 27.3. The number of carbonyl (C=O) groups excluding carboxylic acids is 2. The fourth-order valence-corrected chi connectivity index (χ4v) is 3.64. The maximum absolute atomic E-state index is 12.7. The summed E-state index contributed by atoms with van der Waals surface area (Å²) in [5.74, 6) is 0.0964. The number of amides is 2. The van der Waals surface area contributed by atoms with Crippen LogP contribution in [0.3, 0.4) is 0 Å². The highest BCUT2D eigenvalue weighted by atomic mass is 16.2. The van der Waals surface area contributed by atoms with Crippen molar-refractivity contribution in [3.63, 3.8) is 0 Å². The molecular formula is C23H29N3O2. The van der Waals surface area contributed by atoms with Crippen LogP contribution in [-0.2, 0) is 9.59 Å². The lowest BCUT2D eigenvalue weighted by molar-refractivity contribution is -0.127. The summed E-state index contributed by atoms with van der Waals surface area (Å²) in [5.41, 5.74) is 1.93. The van der Waals surface area contributed by atoms with Crippen LogP contribution in [0.25, 0.3) is 0 Å². The lowest BCUT2D eigenvalue weighted by Crippen LogP contribution is -2.49. The molecule has 0 spiro atoms. The molecule has 0 bridgehead atoms. The van der Waals surface area contributed by atoms with Crippen molar-refractivity contribution in [1.82, 2.24) is 10.2 Å². The Bertz CT molecular complexity index is 771. The summed E-state index contributed by atoms with van der Waals surface area (Å²) in [6, 6.07) is 19.3. The third-order valence-corrected chi connectivity index (χ3v) is 5.53. The second-order valence-corrected chi connectivity index (χ2v) is 7.48. The van der Waals surface area contributed by atoms with Gasteiger partial charge in [0.05, 0.1) is 12.1 Å². The maximum Gasteiger partial charge on any atom is 0.237 e. The van der Waals surface area contributed by atoms with Crippen LogP contribution in [-0.4, -0.2) is 35.8 Å². The van der Waals surface area contributed by atoms with Gasteiger partial charge in [-0.05, 0) is 57.5 Å². The van der Waals surface area contributed by atoms with E-state index in [2.05, 4.69) is 15.5 Å². The van der Waals surface area contributed by atoms with E-state index in [-0.39, 0.29) is 29.8 Å². The first kappa shape index (κ1) is 20.1. The van der Waals surface area contributed by atoms with Gasteiger partial charge < -0.3 is 10.6 Å². The minimum Gasteiger partial charge on any atom is -0.348 e. The fraction of sp³-hybridized carbons (Fsp3) is 0.391. The molecule has 2 aromatic rings. The minimum atomic E-state index is -0.204. The van der Waals surface area contributed by atoms with Gasteiger partial charge >= 0.3 is 0 Å². The molecule has 2 atom stereocenters. The molecule has 1 fully saturated rings. The average molecular weight is 380 g/mol. The van der Waals surface area contributed by atoms with E-state index in [9.17, 15) is 9.59 Å². The van der Waals surface area contributed by atoms with Gasteiger partial charge in [-0.1, -0.05) is 48.5 Å². The van der Waals surface area contributed by atoms with E-state index < -0.39 is 0 Å². The Morgan fingerprint density at radius 1 is 0.929 bits per heavy atom. The van der Waals surface area contributed by atoms with Gasteiger partial charge in [0.1, 0.15) is 0 Å². The predicted octanol–water partition coefficient (Wildman–Crippen LogP) is 3.60. The van der Waals surface area contributed by atoms with Gasteiger partial charge in [-0.25, -0.2) is 0 Å². The first-order valence-corrected chi connectivity index (χ1v) is 10.00. The number of piperidine rings is 1. The van der Waals surface area contributed by atoms with E-state index in [0.717, 1.165) is 37.2 Å². The number of hydrogen-bond acceptors (Lipinski definition) is 3. The predicted molar refractivity (Wildman–Crippen MR) is 112 cm³/mol. The molecule has 1 saturated heterocycles. The van der Waals surface area contributed by atoms with Gasteiger partial charge in [-0.3, -0.25) is 14.5 Å². The topological polar surface area (TPSA) is 61.4 Å². The summed E-state index contributed by atoms with van der Waals surface area (Å²) in [6.45, 7) is 5.44. The van der Waals surface area contributed by atoms with Crippen molar-refractivity contribution in [2.45, 2.75) is 38.8 Å². The van der Waals surface area contributed by atoms with Gasteiger partial charge in [0.2, 0.25) is 11.8 Å². The second-order valence-electron chi connectivity index (χ2n) is 7.48. The molecule has 148 valence electrons. The molecule has 0 aliphatic carbocycles. The molecule has 1 heterocycles. The van der Waals surface area contributed by atoms with Crippen LogP contribution in [0.2, 0.25) is 0 Å². The van der Waals surface area contributed by atoms with Crippen LogP contribution in [0.15, 0.2) is 60.7 Å². The number of para-hydroxylation sites is 1. The van der Waals surface area contributed by atoms with E-state index in [1.807, 2.05) is 74.5 Å². The van der Waals surface area contributed by atoms with E-state index in [1.165, 1.54) is 0 Å². The molecule has 28 heavy (non-hydrogen) atoms. The fourth-order valence-electron chi connectivity index (χ4n) is 3.64. The Balaban J connectivity index is 1.47. The van der Waals surface area contributed by atoms with Crippen molar-refractivity contribution < 1.29 is 9.59 Å².